The van der Waals surface area contributed by atoms with Crippen LogP contribution in [0.1, 0.15) is 0 Å². The van der Waals surface area contributed by atoms with Crippen molar-refractivity contribution in [3.8, 4) is 17.0 Å². The number of pyridine rings is 1. The normalized spacial score (nSPS) is 10.8. The second-order valence-electron chi connectivity index (χ2n) is 4.38. The Bertz CT molecular complexity index is 817. The highest BCUT2D eigenvalue weighted by Gasteiger charge is 2.14. The average Bonchev–Trinajstić information content (AvgIpc) is 2.45. The van der Waals surface area contributed by atoms with Crippen molar-refractivity contribution in [1.82, 2.24) is 15.0 Å². The zero-order valence-electron chi connectivity index (χ0n) is 11.1. The van der Waals surface area contributed by atoms with Crippen molar-refractivity contribution in [2.75, 3.05) is 18.1 Å². The monoisotopic (exact) mass is 285 g/mol. The van der Waals surface area contributed by atoms with Gasteiger partial charge in [0.15, 0.2) is 5.65 Å². The van der Waals surface area contributed by atoms with Gasteiger partial charge in [0.25, 0.3) is 0 Å². The lowest BCUT2D eigenvalue weighted by atomic mass is 10.1. The Labute approximate surface area is 119 Å². The van der Waals surface area contributed by atoms with Gasteiger partial charge in [-0.1, -0.05) is 6.07 Å². The number of anilines is 2. The second kappa shape index (κ2) is 4.86. The molecule has 6 nitrogen and oxygen atoms in total. The summed E-state index contributed by atoms with van der Waals surface area (Å²) in [6.07, 6.45) is 0. The first-order valence-electron chi connectivity index (χ1n) is 6.20. The van der Waals surface area contributed by atoms with Crippen molar-refractivity contribution in [2.45, 2.75) is 0 Å². The first kappa shape index (κ1) is 13.0. The van der Waals surface area contributed by atoms with E-state index in [9.17, 15) is 9.50 Å². The van der Waals surface area contributed by atoms with Crippen molar-refractivity contribution in [1.29, 1.82) is 0 Å². The molecule has 0 fully saturated rings. The Balaban J connectivity index is 2.27. The molecule has 2 aromatic heterocycles. The van der Waals surface area contributed by atoms with Crippen LogP contribution in [0, 0.1) is 5.82 Å². The van der Waals surface area contributed by atoms with Crippen LogP contribution in [0.25, 0.3) is 22.3 Å². The van der Waals surface area contributed by atoms with E-state index in [-0.39, 0.29) is 23.0 Å². The molecule has 0 saturated heterocycles. The summed E-state index contributed by atoms with van der Waals surface area (Å²) in [4.78, 5) is 12.4. The molecule has 3 rings (SSSR count). The van der Waals surface area contributed by atoms with E-state index >= 15 is 0 Å². The summed E-state index contributed by atoms with van der Waals surface area (Å²) < 4.78 is 13.9. The van der Waals surface area contributed by atoms with Crippen LogP contribution >= 0.6 is 0 Å². The molecule has 0 aliphatic rings. The predicted octanol–water partition coefficient (Wildman–Crippen LogP) is 2.16. The van der Waals surface area contributed by atoms with Gasteiger partial charge in [-0.15, -0.1) is 0 Å². The quantitative estimate of drug-likeness (QED) is 0.667. The highest BCUT2D eigenvalue weighted by molar-refractivity contribution is 5.89. The first-order chi connectivity index (χ1) is 10.1. The van der Waals surface area contributed by atoms with E-state index < -0.39 is 5.82 Å². The van der Waals surface area contributed by atoms with Crippen molar-refractivity contribution in [3.05, 3.63) is 36.1 Å². The molecule has 0 amide bonds. The SMILES string of the molecule is CNc1nc(N)nc2nc(-c3c(O)cccc3F)ccc12. The molecular formula is C14H12FN5O. The number of hydrogen-bond donors (Lipinski definition) is 3. The van der Waals surface area contributed by atoms with Crippen LogP contribution < -0.4 is 11.1 Å². The lowest BCUT2D eigenvalue weighted by Gasteiger charge is -2.08. The summed E-state index contributed by atoms with van der Waals surface area (Å²) >= 11 is 0. The smallest absolute Gasteiger partial charge is 0.224 e. The van der Waals surface area contributed by atoms with Crippen LogP contribution in [-0.4, -0.2) is 27.1 Å². The number of aromatic nitrogens is 3. The minimum absolute atomic E-state index is 0.0302. The number of nitrogens with zero attached hydrogens (tertiary/aromatic N) is 3. The largest absolute Gasteiger partial charge is 0.507 e. The maximum atomic E-state index is 13.9. The van der Waals surface area contributed by atoms with Crippen molar-refractivity contribution in [2.24, 2.45) is 0 Å². The molecular weight excluding hydrogens is 273 g/mol. The van der Waals surface area contributed by atoms with Gasteiger partial charge in [0, 0.05) is 7.05 Å². The molecule has 0 saturated carbocycles. The fraction of sp³-hybridized carbons (Fsp3) is 0.0714. The fourth-order valence-corrected chi connectivity index (χ4v) is 2.12. The minimum atomic E-state index is -0.558. The van der Waals surface area contributed by atoms with Gasteiger partial charge in [-0.3, -0.25) is 0 Å². The molecule has 2 heterocycles. The molecule has 7 heteroatoms. The van der Waals surface area contributed by atoms with Crippen LogP contribution in [0.15, 0.2) is 30.3 Å². The zero-order valence-corrected chi connectivity index (χ0v) is 11.1. The Morgan fingerprint density at radius 3 is 2.67 bits per heavy atom. The molecule has 0 unspecified atom stereocenters. The number of phenols is 1. The van der Waals surface area contributed by atoms with Crippen LogP contribution in [0.4, 0.5) is 16.2 Å². The minimum Gasteiger partial charge on any atom is -0.507 e. The summed E-state index contributed by atoms with van der Waals surface area (Å²) in [5.74, 6) is -0.140. The van der Waals surface area contributed by atoms with E-state index in [1.807, 2.05) is 0 Å². The lowest BCUT2D eigenvalue weighted by Crippen LogP contribution is -2.02. The van der Waals surface area contributed by atoms with Crippen molar-refractivity contribution >= 4 is 22.8 Å². The van der Waals surface area contributed by atoms with Crippen LogP contribution in [0.3, 0.4) is 0 Å². The number of nitrogens with two attached hydrogens (primary N) is 1. The number of nitrogen functional groups attached to an aromatic ring is 1. The highest BCUT2D eigenvalue weighted by atomic mass is 19.1. The molecule has 0 spiro atoms. The number of fused-ring (bicyclic) bond motifs is 1. The summed E-state index contributed by atoms with van der Waals surface area (Å²) in [5.41, 5.74) is 6.26. The van der Waals surface area contributed by atoms with E-state index in [1.54, 1.807) is 19.2 Å². The van der Waals surface area contributed by atoms with Gasteiger partial charge in [0.2, 0.25) is 5.95 Å². The average molecular weight is 285 g/mol. The molecule has 0 radical (unpaired) electrons. The fourth-order valence-electron chi connectivity index (χ4n) is 2.12. The van der Waals surface area contributed by atoms with Crippen LogP contribution in [-0.2, 0) is 0 Å². The molecule has 21 heavy (non-hydrogen) atoms. The van der Waals surface area contributed by atoms with Gasteiger partial charge < -0.3 is 16.2 Å². The third kappa shape index (κ3) is 2.18. The zero-order chi connectivity index (χ0) is 15.0. The van der Waals surface area contributed by atoms with Crippen LogP contribution in [0.5, 0.6) is 5.75 Å². The number of aromatic hydroxyl groups is 1. The number of rotatable bonds is 2. The van der Waals surface area contributed by atoms with Crippen molar-refractivity contribution in [3.63, 3.8) is 0 Å². The summed E-state index contributed by atoms with van der Waals surface area (Å²) in [6, 6.07) is 7.39. The number of nitrogens with one attached hydrogen (secondary N) is 1. The van der Waals surface area contributed by atoms with E-state index in [2.05, 4.69) is 20.3 Å². The third-order valence-electron chi connectivity index (χ3n) is 3.06. The Morgan fingerprint density at radius 2 is 1.95 bits per heavy atom. The summed E-state index contributed by atoms with van der Waals surface area (Å²) in [6.45, 7) is 0. The predicted molar refractivity (Wildman–Crippen MR) is 78.4 cm³/mol. The number of phenolic OH excluding ortho intramolecular Hbond substituents is 1. The number of hydrogen-bond acceptors (Lipinski definition) is 6. The summed E-state index contributed by atoms with van der Waals surface area (Å²) in [5, 5.41) is 13.4. The molecule has 1 aromatic carbocycles. The molecule has 4 N–H and O–H groups in total. The van der Waals surface area contributed by atoms with Gasteiger partial charge in [-0.2, -0.15) is 9.97 Å². The van der Waals surface area contributed by atoms with Crippen molar-refractivity contribution < 1.29 is 9.50 Å². The highest BCUT2D eigenvalue weighted by Crippen LogP contribution is 2.32. The van der Waals surface area contributed by atoms with E-state index in [4.69, 9.17) is 5.73 Å². The number of benzene rings is 1. The standard InChI is InChI=1S/C14H12FN5O/c1-17-12-7-5-6-9(18-13(7)20-14(16)19-12)11-8(15)3-2-4-10(11)21/h2-6,21H,1H3,(H3,16,17,18,19,20). The van der Waals surface area contributed by atoms with Gasteiger partial charge in [-0.25, -0.2) is 9.37 Å². The summed E-state index contributed by atoms with van der Waals surface area (Å²) in [7, 11) is 1.71. The lowest BCUT2D eigenvalue weighted by molar-refractivity contribution is 0.471. The van der Waals surface area contributed by atoms with E-state index in [1.165, 1.54) is 18.2 Å². The second-order valence-corrected chi connectivity index (χ2v) is 4.38. The maximum Gasteiger partial charge on any atom is 0.224 e. The molecule has 0 bridgehead atoms. The van der Waals surface area contributed by atoms with Gasteiger partial charge in [0.1, 0.15) is 17.4 Å². The molecule has 0 atom stereocenters. The van der Waals surface area contributed by atoms with Crippen LogP contribution in [0.2, 0.25) is 0 Å². The molecule has 3 aromatic rings. The van der Waals surface area contributed by atoms with E-state index in [0.29, 0.717) is 16.9 Å². The topological polar surface area (TPSA) is 97.0 Å². The first-order valence-corrected chi connectivity index (χ1v) is 6.20. The molecule has 106 valence electrons. The Kier molecular flexibility index (Phi) is 3.02. The Hall–Kier alpha value is -2.96. The third-order valence-corrected chi connectivity index (χ3v) is 3.06. The molecule has 0 aliphatic carbocycles. The Morgan fingerprint density at radius 1 is 1.14 bits per heavy atom. The van der Waals surface area contributed by atoms with Gasteiger partial charge in [0.05, 0.1) is 16.6 Å². The van der Waals surface area contributed by atoms with E-state index in [0.717, 1.165) is 0 Å². The maximum absolute atomic E-state index is 13.9. The molecule has 0 aliphatic heterocycles. The number of halogens is 1. The van der Waals surface area contributed by atoms with Gasteiger partial charge >= 0.3 is 0 Å². The van der Waals surface area contributed by atoms with Gasteiger partial charge in [-0.05, 0) is 24.3 Å².